The minimum Gasteiger partial charge on any atom is -0.384 e. The second-order valence-corrected chi connectivity index (χ2v) is 7.71. The highest BCUT2D eigenvalue weighted by molar-refractivity contribution is 6.01. The van der Waals surface area contributed by atoms with Gasteiger partial charge in [0.25, 0.3) is 5.56 Å². The Balaban J connectivity index is 1.50. The van der Waals surface area contributed by atoms with E-state index < -0.39 is 17.0 Å². The lowest BCUT2D eigenvalue weighted by Gasteiger charge is -2.32. The van der Waals surface area contributed by atoms with Gasteiger partial charge in [-0.3, -0.25) is 28.2 Å². The number of hydrogen-bond donors (Lipinski definition) is 2. The van der Waals surface area contributed by atoms with Gasteiger partial charge in [-0.25, -0.2) is 9.59 Å². The Morgan fingerprint density at radius 1 is 1.10 bits per heavy atom. The average Bonchev–Trinajstić information content (AvgIpc) is 3.07. The fraction of sp³-hybridized carbons (Fsp3) is 0.400. The van der Waals surface area contributed by atoms with Gasteiger partial charge in [0, 0.05) is 33.2 Å². The number of Topliss-reactive ketones (excluding diaryl/α,β-unsaturated/α-hetero) is 1. The molecule has 1 fully saturated rings. The van der Waals surface area contributed by atoms with Gasteiger partial charge >= 0.3 is 11.4 Å². The summed E-state index contributed by atoms with van der Waals surface area (Å²) in [4.78, 5) is 54.4. The van der Waals surface area contributed by atoms with Gasteiger partial charge in [0.15, 0.2) is 5.78 Å². The van der Waals surface area contributed by atoms with Gasteiger partial charge in [-0.1, -0.05) is 12.1 Å². The Hall–Kier alpha value is -3.40. The van der Waals surface area contributed by atoms with Crippen molar-refractivity contribution in [2.24, 2.45) is 14.1 Å². The molecule has 0 atom stereocenters. The molecule has 3 heterocycles. The first-order chi connectivity index (χ1) is 14.3. The highest BCUT2D eigenvalue weighted by atomic mass is 16.2. The summed E-state index contributed by atoms with van der Waals surface area (Å²) in [7, 11) is 2.75. The number of fused-ring (bicyclic) bond motifs is 1. The molecule has 3 aromatic rings. The maximum atomic E-state index is 12.8. The van der Waals surface area contributed by atoms with E-state index >= 15 is 0 Å². The topological polar surface area (TPSA) is 128 Å². The van der Waals surface area contributed by atoms with Crippen molar-refractivity contribution in [2.75, 3.05) is 25.4 Å². The van der Waals surface area contributed by atoms with Gasteiger partial charge in [-0.15, -0.1) is 0 Å². The van der Waals surface area contributed by atoms with E-state index in [0.717, 1.165) is 20.2 Å². The Bertz CT molecular complexity index is 1300. The number of anilines is 1. The number of carbonyl (C=O) groups excluding carboxylic acids is 1. The van der Waals surface area contributed by atoms with Crippen LogP contribution >= 0.6 is 0 Å². The highest BCUT2D eigenvalue weighted by Gasteiger charge is 2.27. The van der Waals surface area contributed by atoms with Crippen LogP contribution in [0.15, 0.2) is 38.6 Å². The lowest BCUT2D eigenvalue weighted by Crippen LogP contribution is -2.44. The number of nitrogens with one attached hydrogen (secondary N) is 1. The molecule has 0 saturated carbocycles. The summed E-state index contributed by atoms with van der Waals surface area (Å²) in [5.41, 5.74) is 6.02. The standard InChI is InChI=1S/C20H24N6O4/c1-23-17(21)16(18(28)24(2)20(23)30)15(27)11-25-9-7-12(8-10-25)26-14-6-4-3-5-13(14)22-19(26)29/h3-6,12H,7-11,21H2,1-2H3,(H,22,29). The number of nitrogen functional groups attached to an aromatic ring is 1. The zero-order valence-electron chi connectivity index (χ0n) is 16.9. The molecule has 0 radical (unpaired) electrons. The zero-order chi connectivity index (χ0) is 21.6. The van der Waals surface area contributed by atoms with E-state index in [9.17, 15) is 19.2 Å². The van der Waals surface area contributed by atoms with Crippen LogP contribution in [0, 0.1) is 0 Å². The summed E-state index contributed by atoms with van der Waals surface area (Å²) in [6.45, 7) is 1.25. The van der Waals surface area contributed by atoms with E-state index in [1.807, 2.05) is 29.2 Å². The maximum absolute atomic E-state index is 12.8. The number of nitrogens with two attached hydrogens (primary N) is 1. The van der Waals surface area contributed by atoms with E-state index in [-0.39, 0.29) is 29.7 Å². The van der Waals surface area contributed by atoms with Crippen LogP contribution in [0.4, 0.5) is 5.82 Å². The van der Waals surface area contributed by atoms with E-state index in [2.05, 4.69) is 4.98 Å². The molecule has 0 unspecified atom stereocenters. The number of carbonyl (C=O) groups is 1. The molecule has 10 nitrogen and oxygen atoms in total. The summed E-state index contributed by atoms with van der Waals surface area (Å²) < 4.78 is 3.78. The predicted molar refractivity (Wildman–Crippen MR) is 113 cm³/mol. The third-order valence-corrected chi connectivity index (χ3v) is 5.90. The third kappa shape index (κ3) is 3.18. The third-order valence-electron chi connectivity index (χ3n) is 5.90. The van der Waals surface area contributed by atoms with Crippen molar-refractivity contribution in [3.05, 3.63) is 61.2 Å². The van der Waals surface area contributed by atoms with Crippen LogP contribution in [-0.2, 0) is 14.1 Å². The molecule has 1 aromatic carbocycles. The number of aromatic nitrogens is 4. The number of benzene rings is 1. The van der Waals surface area contributed by atoms with Crippen molar-refractivity contribution in [3.8, 4) is 0 Å². The van der Waals surface area contributed by atoms with Crippen molar-refractivity contribution >= 4 is 22.6 Å². The number of para-hydroxylation sites is 2. The SMILES string of the molecule is Cn1c(N)c(C(=O)CN2CCC(n3c(=O)[nH]c4ccccc43)CC2)c(=O)n(C)c1=O. The molecule has 30 heavy (non-hydrogen) atoms. The minimum atomic E-state index is -0.680. The maximum Gasteiger partial charge on any atom is 0.332 e. The number of H-pyrrole nitrogens is 1. The summed E-state index contributed by atoms with van der Waals surface area (Å²) in [5, 5.41) is 0. The van der Waals surface area contributed by atoms with Crippen molar-refractivity contribution in [1.82, 2.24) is 23.6 Å². The molecule has 1 aliphatic heterocycles. The fourth-order valence-electron chi connectivity index (χ4n) is 4.18. The van der Waals surface area contributed by atoms with Crippen LogP contribution < -0.4 is 22.7 Å². The number of aromatic amines is 1. The van der Waals surface area contributed by atoms with Crippen LogP contribution in [0.1, 0.15) is 29.2 Å². The molecule has 1 aliphatic rings. The quantitative estimate of drug-likeness (QED) is 0.573. The smallest absolute Gasteiger partial charge is 0.332 e. The first-order valence-corrected chi connectivity index (χ1v) is 9.80. The van der Waals surface area contributed by atoms with E-state index in [1.54, 1.807) is 4.57 Å². The van der Waals surface area contributed by atoms with Crippen molar-refractivity contribution in [3.63, 3.8) is 0 Å². The number of nitrogens with zero attached hydrogens (tertiary/aromatic N) is 4. The summed E-state index contributed by atoms with van der Waals surface area (Å²) in [6, 6.07) is 7.61. The van der Waals surface area contributed by atoms with Gasteiger partial charge in [-0.2, -0.15) is 0 Å². The van der Waals surface area contributed by atoms with Crippen LogP contribution in [0.2, 0.25) is 0 Å². The van der Waals surface area contributed by atoms with Crippen molar-refractivity contribution in [1.29, 1.82) is 0 Å². The average molecular weight is 412 g/mol. The highest BCUT2D eigenvalue weighted by Crippen LogP contribution is 2.25. The summed E-state index contributed by atoms with van der Waals surface area (Å²) in [6.07, 6.45) is 1.41. The summed E-state index contributed by atoms with van der Waals surface area (Å²) in [5.74, 6) is -0.528. The Kier molecular flexibility index (Phi) is 4.94. The lowest BCUT2D eigenvalue weighted by molar-refractivity contribution is 0.0896. The first-order valence-electron chi connectivity index (χ1n) is 9.80. The largest absolute Gasteiger partial charge is 0.384 e. The van der Waals surface area contributed by atoms with Crippen LogP contribution in [0.25, 0.3) is 11.0 Å². The first kappa shape index (κ1) is 19.9. The van der Waals surface area contributed by atoms with Crippen LogP contribution in [0.3, 0.4) is 0 Å². The van der Waals surface area contributed by atoms with Gasteiger partial charge in [0.2, 0.25) is 0 Å². The molecule has 1 saturated heterocycles. The van der Waals surface area contributed by atoms with Gasteiger partial charge < -0.3 is 10.7 Å². The monoisotopic (exact) mass is 412 g/mol. The Morgan fingerprint density at radius 2 is 1.77 bits per heavy atom. The lowest BCUT2D eigenvalue weighted by atomic mass is 10.0. The van der Waals surface area contributed by atoms with Crippen LogP contribution in [0.5, 0.6) is 0 Å². The summed E-state index contributed by atoms with van der Waals surface area (Å²) >= 11 is 0. The molecule has 3 N–H and O–H groups in total. The molecule has 0 aliphatic carbocycles. The number of hydrogen-bond acceptors (Lipinski definition) is 6. The predicted octanol–water partition coefficient (Wildman–Crippen LogP) is -0.171. The normalized spacial score (nSPS) is 15.7. The minimum absolute atomic E-state index is 0.0349. The van der Waals surface area contributed by atoms with Crippen molar-refractivity contribution in [2.45, 2.75) is 18.9 Å². The van der Waals surface area contributed by atoms with Crippen LogP contribution in [-0.4, -0.2) is 49.0 Å². The van der Waals surface area contributed by atoms with E-state index in [0.29, 0.717) is 25.9 Å². The molecule has 158 valence electrons. The number of rotatable bonds is 4. The van der Waals surface area contributed by atoms with Gasteiger partial charge in [0.1, 0.15) is 11.4 Å². The van der Waals surface area contributed by atoms with E-state index in [4.69, 9.17) is 5.73 Å². The van der Waals surface area contributed by atoms with Gasteiger partial charge in [-0.05, 0) is 25.0 Å². The molecule has 4 rings (SSSR count). The van der Waals surface area contributed by atoms with Gasteiger partial charge in [0.05, 0.1) is 17.6 Å². The molecule has 2 aromatic heterocycles. The zero-order valence-corrected chi connectivity index (χ0v) is 16.9. The second kappa shape index (κ2) is 7.45. The Labute approximate surface area is 171 Å². The number of likely N-dealkylation sites (tertiary alicyclic amines) is 1. The number of ketones is 1. The number of piperidine rings is 1. The molecular weight excluding hydrogens is 388 g/mol. The fourth-order valence-corrected chi connectivity index (χ4v) is 4.18. The molecule has 0 bridgehead atoms. The molecule has 10 heteroatoms. The van der Waals surface area contributed by atoms with Crippen molar-refractivity contribution < 1.29 is 4.79 Å². The number of imidazole rings is 1. The Morgan fingerprint density at radius 3 is 2.47 bits per heavy atom. The molecular formula is C20H24N6O4. The van der Waals surface area contributed by atoms with E-state index in [1.165, 1.54) is 14.1 Å². The molecule has 0 amide bonds. The second-order valence-electron chi connectivity index (χ2n) is 7.71. The molecule has 0 spiro atoms.